The van der Waals surface area contributed by atoms with Crippen molar-refractivity contribution in [2.45, 2.75) is 20.0 Å². The fourth-order valence-electron chi connectivity index (χ4n) is 2.55. The van der Waals surface area contributed by atoms with Gasteiger partial charge in [0, 0.05) is 5.39 Å². The number of nitrogens with zero attached hydrogens (tertiary/aromatic N) is 4. The average molecular weight is 359 g/mol. The van der Waals surface area contributed by atoms with Gasteiger partial charge in [0.25, 0.3) is 0 Å². The summed E-state index contributed by atoms with van der Waals surface area (Å²) in [7, 11) is 0. The topological polar surface area (TPSA) is 83.6 Å². The van der Waals surface area contributed by atoms with Crippen LogP contribution in [0.2, 0.25) is 0 Å². The van der Waals surface area contributed by atoms with E-state index in [0.717, 1.165) is 27.4 Å². The Kier molecular flexibility index (Phi) is 4.12. The number of hydrogen-bond donors (Lipinski definition) is 1. The van der Waals surface area contributed by atoms with E-state index in [2.05, 4.69) is 10.1 Å². The van der Waals surface area contributed by atoms with Gasteiger partial charge in [-0.2, -0.15) is 28.2 Å². The van der Waals surface area contributed by atoms with Crippen LogP contribution in [0, 0.1) is 25.2 Å². The number of pyridine rings is 1. The zero-order valence-corrected chi connectivity index (χ0v) is 13.7. The van der Waals surface area contributed by atoms with E-state index in [-0.39, 0.29) is 17.2 Å². The molecule has 0 saturated heterocycles. The van der Waals surface area contributed by atoms with Gasteiger partial charge < -0.3 is 5.32 Å². The molecule has 1 N–H and O–H groups in total. The summed E-state index contributed by atoms with van der Waals surface area (Å²) in [5, 5.41) is 15.6. The van der Waals surface area contributed by atoms with Gasteiger partial charge in [-0.05, 0) is 31.0 Å². The summed E-state index contributed by atoms with van der Waals surface area (Å²) in [4.78, 5) is 15.8. The first-order chi connectivity index (χ1) is 12.2. The van der Waals surface area contributed by atoms with Crippen molar-refractivity contribution in [3.05, 3.63) is 47.2 Å². The number of para-hydroxylation sites is 1. The Morgan fingerprint density at radius 3 is 2.65 bits per heavy atom. The van der Waals surface area contributed by atoms with E-state index >= 15 is 0 Å². The summed E-state index contributed by atoms with van der Waals surface area (Å²) in [6.45, 7) is 3.68. The van der Waals surface area contributed by atoms with E-state index < -0.39 is 12.1 Å². The van der Waals surface area contributed by atoms with Crippen LogP contribution in [0.25, 0.3) is 16.7 Å². The van der Waals surface area contributed by atoms with Crippen LogP contribution >= 0.6 is 0 Å². The lowest BCUT2D eigenvalue weighted by Crippen LogP contribution is -2.31. The molecule has 3 rings (SSSR count). The number of aryl methyl sites for hydroxylation is 2. The van der Waals surface area contributed by atoms with E-state index in [1.807, 2.05) is 32.0 Å². The molecule has 132 valence electrons. The summed E-state index contributed by atoms with van der Waals surface area (Å²) >= 11 is 0. The molecule has 0 fully saturated rings. The monoisotopic (exact) mass is 359 g/mol. The molecule has 26 heavy (non-hydrogen) atoms. The minimum absolute atomic E-state index is 0.197. The summed E-state index contributed by atoms with van der Waals surface area (Å²) in [6, 6.07) is 8.95. The molecule has 0 unspecified atom stereocenters. The number of halogens is 3. The summed E-state index contributed by atoms with van der Waals surface area (Å²) in [6.07, 6.45) is -4.02. The number of carbonyl (C=O) groups is 1. The van der Waals surface area contributed by atoms with Crippen LogP contribution < -0.4 is 5.32 Å². The molecule has 0 aliphatic carbocycles. The lowest BCUT2D eigenvalue weighted by molar-refractivity contribution is -0.167. The number of rotatable bonds is 2. The number of hydrogen-bond acceptors (Lipinski definition) is 4. The quantitative estimate of drug-likeness (QED) is 0.760. The molecule has 0 aliphatic rings. The van der Waals surface area contributed by atoms with Crippen LogP contribution in [0.4, 0.5) is 19.0 Å². The Morgan fingerprint density at radius 2 is 2.00 bits per heavy atom. The predicted molar refractivity (Wildman–Crippen MR) is 87.7 cm³/mol. The van der Waals surface area contributed by atoms with Crippen LogP contribution in [0.3, 0.4) is 0 Å². The lowest BCUT2D eigenvalue weighted by Gasteiger charge is -2.12. The second-order valence-electron chi connectivity index (χ2n) is 5.65. The molecule has 1 aromatic carbocycles. The smallest absolute Gasteiger partial charge is 0.302 e. The Balaban J connectivity index is 2.18. The van der Waals surface area contributed by atoms with Crippen LogP contribution in [0.1, 0.15) is 16.7 Å². The Bertz CT molecular complexity index is 1060. The van der Waals surface area contributed by atoms with Gasteiger partial charge in [-0.15, -0.1) is 0 Å². The number of aromatic nitrogens is 3. The van der Waals surface area contributed by atoms with E-state index in [1.165, 1.54) is 0 Å². The molecule has 9 heteroatoms. The fourth-order valence-corrected chi connectivity index (χ4v) is 2.55. The zero-order chi connectivity index (χ0) is 19.1. The molecule has 0 aliphatic heterocycles. The van der Waals surface area contributed by atoms with Gasteiger partial charge in [0.2, 0.25) is 0 Å². The van der Waals surface area contributed by atoms with Gasteiger partial charge >= 0.3 is 12.1 Å². The summed E-state index contributed by atoms with van der Waals surface area (Å²) < 4.78 is 38.8. The third kappa shape index (κ3) is 2.97. The van der Waals surface area contributed by atoms with Gasteiger partial charge in [-0.25, -0.2) is 4.98 Å². The van der Waals surface area contributed by atoms with Crippen molar-refractivity contribution >= 4 is 22.6 Å². The molecule has 0 saturated carbocycles. The van der Waals surface area contributed by atoms with Crippen molar-refractivity contribution in [2.75, 3.05) is 5.32 Å². The maximum Gasteiger partial charge on any atom is 0.471 e. The van der Waals surface area contributed by atoms with Crippen molar-refractivity contribution in [3.8, 4) is 11.9 Å². The van der Waals surface area contributed by atoms with E-state index in [9.17, 15) is 18.0 Å². The second-order valence-corrected chi connectivity index (χ2v) is 5.65. The Morgan fingerprint density at radius 1 is 1.27 bits per heavy atom. The molecule has 2 aromatic heterocycles. The molecule has 0 spiro atoms. The molecule has 2 heterocycles. The zero-order valence-electron chi connectivity index (χ0n) is 13.7. The number of carbonyl (C=O) groups excluding carboxylic acids is 1. The van der Waals surface area contributed by atoms with Gasteiger partial charge in [-0.1, -0.05) is 18.2 Å². The normalized spacial score (nSPS) is 11.4. The summed E-state index contributed by atoms with van der Waals surface area (Å²) in [5.41, 5.74) is 2.16. The first kappa shape index (κ1) is 17.4. The number of alkyl halides is 3. The second kappa shape index (κ2) is 6.15. The maximum absolute atomic E-state index is 12.6. The number of fused-ring (bicyclic) bond motifs is 1. The molecule has 3 aromatic rings. The van der Waals surface area contributed by atoms with Crippen LogP contribution in [0.5, 0.6) is 0 Å². The molecule has 1 amide bonds. The van der Waals surface area contributed by atoms with Crippen LogP contribution in [-0.4, -0.2) is 26.8 Å². The number of anilines is 1. The first-order valence-corrected chi connectivity index (χ1v) is 7.46. The van der Waals surface area contributed by atoms with Crippen molar-refractivity contribution in [1.82, 2.24) is 14.8 Å². The van der Waals surface area contributed by atoms with E-state index in [4.69, 9.17) is 5.26 Å². The van der Waals surface area contributed by atoms with Crippen molar-refractivity contribution < 1.29 is 18.0 Å². The number of nitriles is 1. The van der Waals surface area contributed by atoms with Gasteiger partial charge in [0.15, 0.2) is 11.6 Å². The molecule has 6 nitrogen and oxygen atoms in total. The minimum Gasteiger partial charge on any atom is -0.302 e. The largest absolute Gasteiger partial charge is 0.471 e. The standard InChI is InChI=1S/C17H12F3N5O/c1-9-4-3-5-12-10(2)6-13(23-14(9)12)25-15(11(7-21)8-22-25)24-16(26)17(18,19)20/h3-6,8H,1-2H3,(H,24,26). The van der Waals surface area contributed by atoms with E-state index in [0.29, 0.717) is 5.52 Å². The third-order valence-electron chi connectivity index (χ3n) is 3.83. The van der Waals surface area contributed by atoms with Gasteiger partial charge in [0.1, 0.15) is 11.6 Å². The van der Waals surface area contributed by atoms with Crippen molar-refractivity contribution in [1.29, 1.82) is 5.26 Å². The highest BCUT2D eigenvalue weighted by Crippen LogP contribution is 2.26. The average Bonchev–Trinajstić information content (AvgIpc) is 2.97. The Hall–Kier alpha value is -3.41. The number of amides is 1. The van der Waals surface area contributed by atoms with Crippen molar-refractivity contribution in [3.63, 3.8) is 0 Å². The minimum atomic E-state index is -5.09. The third-order valence-corrected chi connectivity index (χ3v) is 3.83. The maximum atomic E-state index is 12.6. The van der Waals surface area contributed by atoms with Gasteiger partial charge in [-0.3, -0.25) is 4.79 Å². The van der Waals surface area contributed by atoms with Crippen LogP contribution in [0.15, 0.2) is 30.5 Å². The molecular weight excluding hydrogens is 347 g/mol. The summed E-state index contributed by atoms with van der Waals surface area (Å²) in [5.74, 6) is -2.37. The molecular formula is C17H12F3N5O. The lowest BCUT2D eigenvalue weighted by atomic mass is 10.1. The molecule has 0 atom stereocenters. The highest BCUT2D eigenvalue weighted by atomic mass is 19.4. The van der Waals surface area contributed by atoms with E-state index in [1.54, 1.807) is 17.5 Å². The SMILES string of the molecule is Cc1cc(-n2ncc(C#N)c2NC(=O)C(F)(F)F)nc2c(C)cccc12. The highest BCUT2D eigenvalue weighted by Gasteiger charge is 2.39. The predicted octanol–water partition coefficient (Wildman–Crippen LogP) is 3.41. The van der Waals surface area contributed by atoms with Crippen molar-refractivity contribution in [2.24, 2.45) is 0 Å². The highest BCUT2D eigenvalue weighted by molar-refractivity contribution is 5.95. The first-order valence-electron chi connectivity index (χ1n) is 7.46. The number of nitrogens with one attached hydrogen (secondary N) is 1. The molecule has 0 bridgehead atoms. The number of benzene rings is 1. The fraction of sp³-hybridized carbons (Fsp3) is 0.176. The Labute approximate surface area is 145 Å². The van der Waals surface area contributed by atoms with Crippen LogP contribution in [-0.2, 0) is 4.79 Å². The molecule has 0 radical (unpaired) electrons. The van der Waals surface area contributed by atoms with Gasteiger partial charge in [0.05, 0.1) is 11.7 Å².